The van der Waals surface area contributed by atoms with Gasteiger partial charge in [-0.15, -0.1) is 0 Å². The number of pyridine rings is 1. The molecule has 0 atom stereocenters. The smallest absolute Gasteiger partial charge is 0.204 e. The summed E-state index contributed by atoms with van der Waals surface area (Å²) in [5, 5.41) is 5.09. The van der Waals surface area contributed by atoms with Crippen LogP contribution >= 0.6 is 0 Å². The maximum atomic E-state index is 12.1. The predicted molar refractivity (Wildman–Crippen MR) is 120 cm³/mol. The van der Waals surface area contributed by atoms with Crippen molar-refractivity contribution in [3.63, 3.8) is 0 Å². The highest BCUT2D eigenvalue weighted by atomic mass is 16.1. The van der Waals surface area contributed by atoms with E-state index in [-0.39, 0.29) is 5.78 Å². The summed E-state index contributed by atoms with van der Waals surface area (Å²) in [6.45, 7) is 3.22. The maximum Gasteiger partial charge on any atom is 0.204 e. The summed E-state index contributed by atoms with van der Waals surface area (Å²) in [4.78, 5) is 16.4. The van der Waals surface area contributed by atoms with Gasteiger partial charge in [0.05, 0.1) is 0 Å². The number of ketones is 1. The van der Waals surface area contributed by atoms with Crippen molar-refractivity contribution in [3.8, 4) is 0 Å². The SMILES string of the molecule is CCCCn1/c(=C/C=C2/C=CC(=O)c3ncccc32)c2cccc3cccc1c32. The van der Waals surface area contributed by atoms with Crippen LogP contribution in [0.25, 0.3) is 33.3 Å². The molecule has 4 aromatic rings. The second-order valence-electron chi connectivity index (χ2n) is 7.46. The van der Waals surface area contributed by atoms with Crippen molar-refractivity contribution in [1.82, 2.24) is 9.55 Å². The van der Waals surface area contributed by atoms with E-state index in [9.17, 15) is 4.79 Å². The molecule has 1 aliphatic carbocycles. The fraction of sp³-hybridized carbons (Fsp3) is 0.154. The summed E-state index contributed by atoms with van der Waals surface area (Å²) < 4.78 is 2.43. The molecule has 0 saturated carbocycles. The second kappa shape index (κ2) is 7.17. The van der Waals surface area contributed by atoms with Gasteiger partial charge in [-0.1, -0.05) is 61.9 Å². The van der Waals surface area contributed by atoms with Crippen molar-refractivity contribution in [3.05, 3.63) is 89.6 Å². The fourth-order valence-electron chi connectivity index (χ4n) is 4.25. The summed E-state index contributed by atoms with van der Waals surface area (Å²) >= 11 is 0. The van der Waals surface area contributed by atoms with E-state index >= 15 is 0 Å². The van der Waals surface area contributed by atoms with Crippen molar-refractivity contribution in [2.45, 2.75) is 26.3 Å². The lowest BCUT2D eigenvalue weighted by atomic mass is 9.95. The van der Waals surface area contributed by atoms with Gasteiger partial charge in [0.2, 0.25) is 5.78 Å². The highest BCUT2D eigenvalue weighted by molar-refractivity contribution is 6.12. The molecule has 2 aromatic carbocycles. The van der Waals surface area contributed by atoms with Gasteiger partial charge in [-0.3, -0.25) is 9.78 Å². The Bertz CT molecular complexity index is 1350. The minimum absolute atomic E-state index is 0.0342. The van der Waals surface area contributed by atoms with Crippen LogP contribution in [0.4, 0.5) is 0 Å². The summed E-state index contributed by atoms with van der Waals surface area (Å²) in [7, 11) is 0. The van der Waals surface area contributed by atoms with Crippen LogP contribution in [-0.4, -0.2) is 15.3 Å². The molecule has 0 spiro atoms. The molecule has 3 heteroatoms. The number of benzene rings is 2. The van der Waals surface area contributed by atoms with Gasteiger partial charge in [0.1, 0.15) is 5.69 Å². The van der Waals surface area contributed by atoms with E-state index in [0.29, 0.717) is 5.69 Å². The minimum Gasteiger partial charge on any atom is -0.340 e. The molecule has 0 fully saturated rings. The molecule has 0 amide bonds. The van der Waals surface area contributed by atoms with Gasteiger partial charge < -0.3 is 4.57 Å². The molecule has 0 N–H and O–H groups in total. The summed E-state index contributed by atoms with van der Waals surface area (Å²) in [6, 6.07) is 16.9. The number of rotatable bonds is 4. The molecule has 0 radical (unpaired) electrons. The highest BCUT2D eigenvalue weighted by Gasteiger charge is 2.17. The third-order valence-electron chi connectivity index (χ3n) is 5.66. The first kappa shape index (κ1) is 17.6. The molecule has 3 nitrogen and oxygen atoms in total. The van der Waals surface area contributed by atoms with Crippen LogP contribution in [0.1, 0.15) is 35.8 Å². The molecule has 5 rings (SSSR count). The predicted octanol–water partition coefficient (Wildman–Crippen LogP) is 5.33. The van der Waals surface area contributed by atoms with Crippen molar-refractivity contribution < 1.29 is 4.79 Å². The van der Waals surface area contributed by atoms with E-state index in [4.69, 9.17) is 0 Å². The number of carbonyl (C=O) groups excluding carboxylic acids is 1. The molecular formula is C26H22N2O. The Hall–Kier alpha value is -3.46. The van der Waals surface area contributed by atoms with E-state index in [1.807, 2.05) is 18.2 Å². The summed E-state index contributed by atoms with van der Waals surface area (Å²) in [6.07, 6.45) is 11.8. The highest BCUT2D eigenvalue weighted by Crippen LogP contribution is 2.27. The monoisotopic (exact) mass is 378 g/mol. The van der Waals surface area contributed by atoms with Crippen molar-refractivity contribution in [2.24, 2.45) is 0 Å². The Morgan fingerprint density at radius 2 is 1.86 bits per heavy atom. The van der Waals surface area contributed by atoms with E-state index in [1.54, 1.807) is 12.3 Å². The van der Waals surface area contributed by atoms with Crippen LogP contribution in [0.5, 0.6) is 0 Å². The zero-order valence-corrected chi connectivity index (χ0v) is 16.4. The van der Waals surface area contributed by atoms with Crippen molar-refractivity contribution in [2.75, 3.05) is 0 Å². The maximum absolute atomic E-state index is 12.1. The molecule has 0 bridgehead atoms. The quantitative estimate of drug-likeness (QED) is 0.481. The van der Waals surface area contributed by atoms with Gasteiger partial charge in [0.25, 0.3) is 0 Å². The van der Waals surface area contributed by atoms with Gasteiger partial charge in [-0.25, -0.2) is 0 Å². The molecule has 142 valence electrons. The zero-order chi connectivity index (χ0) is 19.8. The Labute approximate surface area is 169 Å². The first-order valence-electron chi connectivity index (χ1n) is 10.2. The van der Waals surface area contributed by atoms with Crippen LogP contribution in [0.2, 0.25) is 0 Å². The van der Waals surface area contributed by atoms with E-state index < -0.39 is 0 Å². The standard InChI is InChI=1S/C26H22N2O/c1-2-3-17-28-22(21-9-4-7-19-8-5-11-23(28)25(19)21)14-12-18-13-15-24(29)26-20(18)10-6-16-27-26/h4-16H,2-3,17H2,1H3/b18-12-,22-14+. The number of fused-ring (bicyclic) bond motifs is 1. The van der Waals surface area contributed by atoms with Gasteiger partial charge in [-0.2, -0.15) is 0 Å². The van der Waals surface area contributed by atoms with Gasteiger partial charge >= 0.3 is 0 Å². The van der Waals surface area contributed by atoms with Crippen LogP contribution < -0.4 is 5.35 Å². The molecule has 2 aromatic heterocycles. The first-order chi connectivity index (χ1) is 14.3. The lowest BCUT2D eigenvalue weighted by Gasteiger charge is -2.11. The number of unbranched alkanes of at least 4 members (excludes halogenated alkanes) is 1. The fourth-order valence-corrected chi connectivity index (χ4v) is 4.25. The molecule has 0 saturated heterocycles. The number of allylic oxidation sites excluding steroid dienone is 4. The van der Waals surface area contributed by atoms with Crippen LogP contribution in [-0.2, 0) is 6.54 Å². The summed E-state index contributed by atoms with van der Waals surface area (Å²) in [5.74, 6) is -0.0342. The first-order valence-corrected chi connectivity index (χ1v) is 10.2. The lowest BCUT2D eigenvalue weighted by molar-refractivity contribution is 0.104. The number of nitrogens with zero attached hydrogens (tertiary/aromatic N) is 2. The average molecular weight is 378 g/mol. The second-order valence-corrected chi connectivity index (χ2v) is 7.46. The summed E-state index contributed by atoms with van der Waals surface area (Å²) in [5.41, 5.74) is 3.72. The van der Waals surface area contributed by atoms with E-state index in [0.717, 1.165) is 30.5 Å². The Balaban J connectivity index is 1.76. The largest absolute Gasteiger partial charge is 0.340 e. The van der Waals surface area contributed by atoms with Crippen LogP contribution in [0.3, 0.4) is 0 Å². The Morgan fingerprint density at radius 3 is 2.72 bits per heavy atom. The van der Waals surface area contributed by atoms with Crippen LogP contribution in [0, 0.1) is 0 Å². The molecular weight excluding hydrogens is 356 g/mol. The normalized spacial score (nSPS) is 15.7. The molecule has 0 unspecified atom stereocenters. The number of aryl methyl sites for hydroxylation is 1. The molecule has 2 heterocycles. The molecule has 1 aliphatic rings. The zero-order valence-electron chi connectivity index (χ0n) is 16.4. The van der Waals surface area contributed by atoms with Gasteiger partial charge in [-0.05, 0) is 41.7 Å². The number of aromatic nitrogens is 2. The molecule has 29 heavy (non-hydrogen) atoms. The number of hydrogen-bond acceptors (Lipinski definition) is 2. The third-order valence-corrected chi connectivity index (χ3v) is 5.66. The minimum atomic E-state index is -0.0342. The topological polar surface area (TPSA) is 34.9 Å². The van der Waals surface area contributed by atoms with E-state index in [1.165, 1.54) is 27.0 Å². The van der Waals surface area contributed by atoms with Crippen molar-refractivity contribution in [1.29, 1.82) is 0 Å². The molecule has 0 aliphatic heterocycles. The van der Waals surface area contributed by atoms with E-state index in [2.05, 4.69) is 65.0 Å². The van der Waals surface area contributed by atoms with Gasteiger partial charge in [0.15, 0.2) is 0 Å². The lowest BCUT2D eigenvalue weighted by Crippen LogP contribution is -2.16. The Kier molecular flexibility index (Phi) is 4.36. The van der Waals surface area contributed by atoms with Crippen molar-refractivity contribution >= 4 is 39.1 Å². The number of carbonyl (C=O) groups is 1. The average Bonchev–Trinajstić information content (AvgIpc) is 3.07. The van der Waals surface area contributed by atoms with Crippen LogP contribution in [0.15, 0.2) is 73.0 Å². The number of hydrogen-bond donors (Lipinski definition) is 0. The van der Waals surface area contributed by atoms with Gasteiger partial charge in [0, 0.05) is 39.9 Å². The third kappa shape index (κ3) is 2.90. The Morgan fingerprint density at radius 1 is 1.00 bits per heavy atom.